The van der Waals surface area contributed by atoms with Gasteiger partial charge in [-0.25, -0.2) is 9.59 Å². The molecular formula is C34H43N2O8P. The summed E-state index contributed by atoms with van der Waals surface area (Å²) in [4.78, 5) is 41.1. The first-order valence-electron chi connectivity index (χ1n) is 15.3. The molecule has 2 heterocycles. The van der Waals surface area contributed by atoms with E-state index in [9.17, 15) is 24.6 Å². The standard InChI is InChI=1S/C34H43N2O8P/c1-21(32(39)44-34(41)42-20-27-25-12-8-6-10-23(25)24-11-7-9-13-26(24)27)14-16-36-19-22(18-35(2)33(36)40)31-30(38)29(37)28(43-31)15-17-45(3,4)5/h6-13,18,21,27-31,37-38H,3,14-17,19-20H2,1-2,4-5H3/t21?,28-,29-,30-,31+/m1/s1. The monoisotopic (exact) mass is 638 g/mol. The van der Waals surface area contributed by atoms with Gasteiger partial charge in [-0.15, -0.1) is 13.2 Å². The number of esters is 1. The molecule has 242 valence electrons. The Morgan fingerprint density at radius 3 is 2.31 bits per heavy atom. The Labute approximate surface area is 264 Å². The summed E-state index contributed by atoms with van der Waals surface area (Å²) < 4.78 is 16.5. The van der Waals surface area contributed by atoms with Crippen LogP contribution in [0.2, 0.25) is 0 Å². The number of nitrogens with zero attached hydrogens (tertiary/aromatic N) is 2. The van der Waals surface area contributed by atoms with Gasteiger partial charge in [-0.2, -0.15) is 0 Å². The van der Waals surface area contributed by atoms with Crippen molar-refractivity contribution in [1.29, 1.82) is 0 Å². The van der Waals surface area contributed by atoms with E-state index in [1.807, 2.05) is 48.5 Å². The van der Waals surface area contributed by atoms with Crippen molar-refractivity contribution in [2.75, 3.05) is 46.2 Å². The summed E-state index contributed by atoms with van der Waals surface area (Å²) in [5.74, 6) is -1.58. The maximum Gasteiger partial charge on any atom is 0.516 e. The number of hydrogen-bond acceptors (Lipinski definition) is 8. The van der Waals surface area contributed by atoms with Crippen LogP contribution >= 0.6 is 6.89 Å². The Morgan fingerprint density at radius 1 is 1.07 bits per heavy atom. The molecule has 45 heavy (non-hydrogen) atoms. The number of carbonyl (C=O) groups excluding carboxylic acids is 3. The lowest BCUT2D eigenvalue weighted by atomic mass is 9.98. The van der Waals surface area contributed by atoms with E-state index in [-0.39, 0.29) is 38.1 Å². The summed E-state index contributed by atoms with van der Waals surface area (Å²) >= 11 is 0. The molecule has 3 aliphatic rings. The van der Waals surface area contributed by atoms with Crippen molar-refractivity contribution in [1.82, 2.24) is 9.80 Å². The zero-order valence-corrected chi connectivity index (χ0v) is 27.2. The summed E-state index contributed by atoms with van der Waals surface area (Å²) in [6.07, 6.45) is 3.00. The zero-order chi connectivity index (χ0) is 32.5. The molecule has 2 aliphatic heterocycles. The third-order valence-corrected chi connectivity index (χ3v) is 10.3. The van der Waals surface area contributed by atoms with Crippen LogP contribution in [0.3, 0.4) is 0 Å². The Balaban J connectivity index is 1.12. The lowest BCUT2D eigenvalue weighted by Gasteiger charge is -2.35. The minimum atomic E-state index is -1.33. The van der Waals surface area contributed by atoms with Gasteiger partial charge in [0, 0.05) is 32.3 Å². The van der Waals surface area contributed by atoms with E-state index >= 15 is 0 Å². The second kappa shape index (κ2) is 13.5. The largest absolute Gasteiger partial charge is 0.516 e. The van der Waals surface area contributed by atoms with Gasteiger partial charge < -0.3 is 34.2 Å². The number of urea groups is 1. The third kappa shape index (κ3) is 7.36. The fourth-order valence-corrected chi connectivity index (χ4v) is 7.19. The molecule has 1 unspecified atom stereocenters. The molecule has 2 amide bonds. The van der Waals surface area contributed by atoms with Gasteiger partial charge in [0.05, 0.1) is 12.0 Å². The molecule has 11 heteroatoms. The smallest absolute Gasteiger partial charge is 0.433 e. The molecule has 5 atom stereocenters. The van der Waals surface area contributed by atoms with Crippen LogP contribution in [0.15, 0.2) is 60.3 Å². The highest BCUT2D eigenvalue weighted by atomic mass is 31.2. The molecule has 10 nitrogen and oxygen atoms in total. The van der Waals surface area contributed by atoms with Crippen LogP contribution in [-0.2, 0) is 19.0 Å². The number of aliphatic hydroxyl groups is 2. The number of benzene rings is 2. The first-order valence-corrected chi connectivity index (χ1v) is 18.4. The van der Waals surface area contributed by atoms with E-state index in [1.54, 1.807) is 25.1 Å². The third-order valence-electron chi connectivity index (χ3n) is 8.80. The van der Waals surface area contributed by atoms with Crippen LogP contribution in [0.5, 0.6) is 0 Å². The average molecular weight is 639 g/mol. The van der Waals surface area contributed by atoms with Crippen LogP contribution in [0.4, 0.5) is 9.59 Å². The molecule has 2 aromatic rings. The van der Waals surface area contributed by atoms with E-state index < -0.39 is 49.3 Å². The number of amides is 2. The summed E-state index contributed by atoms with van der Waals surface area (Å²) in [5, 5.41) is 21.4. The van der Waals surface area contributed by atoms with Crippen molar-refractivity contribution in [3.8, 4) is 11.1 Å². The topological polar surface area (TPSA) is 126 Å². The van der Waals surface area contributed by atoms with Crippen molar-refractivity contribution < 1.29 is 38.8 Å². The van der Waals surface area contributed by atoms with Gasteiger partial charge in [0.1, 0.15) is 24.9 Å². The summed E-state index contributed by atoms with van der Waals surface area (Å²) in [5.41, 5.74) is 4.96. The highest BCUT2D eigenvalue weighted by molar-refractivity contribution is 7.72. The molecule has 1 saturated heterocycles. The molecule has 0 radical (unpaired) electrons. The average Bonchev–Trinajstić information content (AvgIpc) is 3.48. The second-order valence-corrected chi connectivity index (χ2v) is 17.3. The fourth-order valence-electron chi connectivity index (χ4n) is 6.23. The molecule has 1 aliphatic carbocycles. The van der Waals surface area contributed by atoms with Crippen LogP contribution in [0.1, 0.15) is 36.8 Å². The quantitative estimate of drug-likeness (QED) is 0.224. The number of carbonyl (C=O) groups is 3. The van der Waals surface area contributed by atoms with E-state index in [4.69, 9.17) is 14.2 Å². The van der Waals surface area contributed by atoms with Crippen LogP contribution < -0.4 is 0 Å². The lowest BCUT2D eigenvalue weighted by molar-refractivity contribution is -0.144. The Hall–Kier alpha value is -3.43. The summed E-state index contributed by atoms with van der Waals surface area (Å²) in [6, 6.07) is 15.7. The highest BCUT2D eigenvalue weighted by Gasteiger charge is 2.45. The van der Waals surface area contributed by atoms with Gasteiger partial charge in [-0.05, 0) is 60.2 Å². The van der Waals surface area contributed by atoms with Gasteiger partial charge in [-0.3, -0.25) is 4.79 Å². The van der Waals surface area contributed by atoms with Gasteiger partial charge in [0.2, 0.25) is 0 Å². The molecule has 1 fully saturated rings. The fraction of sp³-hybridized carbons (Fsp3) is 0.471. The number of aliphatic hydroxyl groups excluding tert-OH is 2. The van der Waals surface area contributed by atoms with Crippen molar-refractivity contribution in [3.63, 3.8) is 0 Å². The van der Waals surface area contributed by atoms with Crippen molar-refractivity contribution in [3.05, 3.63) is 71.4 Å². The molecular weight excluding hydrogens is 595 g/mol. The number of rotatable bonds is 10. The van der Waals surface area contributed by atoms with Gasteiger partial charge in [-0.1, -0.05) is 55.5 Å². The Morgan fingerprint density at radius 2 is 1.69 bits per heavy atom. The molecule has 2 N–H and O–H groups in total. The normalized spacial score (nSPS) is 23.8. The first kappa shape index (κ1) is 32.9. The van der Waals surface area contributed by atoms with E-state index in [0.717, 1.165) is 28.4 Å². The van der Waals surface area contributed by atoms with Crippen molar-refractivity contribution in [2.24, 2.45) is 5.92 Å². The van der Waals surface area contributed by atoms with Gasteiger partial charge >= 0.3 is 18.2 Å². The number of ether oxygens (including phenoxy) is 3. The SMILES string of the molecule is C=P(C)(C)CC[C@H]1O[C@@H](C2=CN(C)C(=O)N(CCC(C)C(=O)OC(=O)OCC3c4ccccc4-c4ccccc43)C2)[C@H](O)[C@@H]1O. The Kier molecular flexibility index (Phi) is 9.89. The molecule has 0 saturated carbocycles. The zero-order valence-electron chi connectivity index (χ0n) is 26.3. The van der Waals surface area contributed by atoms with E-state index in [2.05, 4.69) is 19.6 Å². The maximum absolute atomic E-state index is 12.9. The van der Waals surface area contributed by atoms with Crippen LogP contribution in [0, 0.1) is 5.92 Å². The molecule has 0 aromatic heterocycles. The second-order valence-electron chi connectivity index (χ2n) is 12.9. The van der Waals surface area contributed by atoms with Crippen molar-refractivity contribution in [2.45, 2.75) is 50.1 Å². The lowest BCUT2D eigenvalue weighted by Crippen LogP contribution is -2.48. The molecule has 0 bridgehead atoms. The summed E-state index contributed by atoms with van der Waals surface area (Å²) in [7, 11) is 1.61. The number of fused-ring (bicyclic) bond motifs is 3. The van der Waals surface area contributed by atoms with E-state index in [0.29, 0.717) is 12.0 Å². The highest BCUT2D eigenvalue weighted by Crippen LogP contribution is 2.44. The summed E-state index contributed by atoms with van der Waals surface area (Å²) in [6.45, 7) is 4.94. The molecule has 0 spiro atoms. The Bertz CT molecular complexity index is 1470. The predicted molar refractivity (Wildman–Crippen MR) is 174 cm³/mol. The molecule has 2 aromatic carbocycles. The van der Waals surface area contributed by atoms with Crippen LogP contribution in [-0.4, -0.2) is 115 Å². The van der Waals surface area contributed by atoms with E-state index in [1.165, 1.54) is 4.90 Å². The van der Waals surface area contributed by atoms with Gasteiger partial charge in [0.25, 0.3) is 0 Å². The maximum atomic E-state index is 12.9. The predicted octanol–water partition coefficient (Wildman–Crippen LogP) is 4.34. The van der Waals surface area contributed by atoms with Crippen molar-refractivity contribution >= 4 is 31.3 Å². The minimum Gasteiger partial charge on any atom is -0.433 e. The molecule has 5 rings (SSSR count). The van der Waals surface area contributed by atoms with Crippen LogP contribution in [0.25, 0.3) is 11.1 Å². The minimum absolute atomic E-state index is 0.0392. The first-order chi connectivity index (χ1) is 21.3. The van der Waals surface area contributed by atoms with Gasteiger partial charge in [0.15, 0.2) is 0 Å². The number of hydrogen-bond donors (Lipinski definition) is 2.